The van der Waals surface area contributed by atoms with Crippen LogP contribution in [0.4, 0.5) is 11.4 Å². The Morgan fingerprint density at radius 1 is 1.56 bits per heavy atom. The minimum absolute atomic E-state index is 0.0649. The normalized spacial score (nSPS) is 9.50. The third-order valence-corrected chi connectivity index (χ3v) is 2.46. The summed E-state index contributed by atoms with van der Waals surface area (Å²) in [5.41, 5.74) is 0.584. The molecule has 0 aliphatic rings. The lowest BCUT2D eigenvalue weighted by atomic mass is 10.2. The number of nitro groups is 1. The zero-order valence-corrected chi connectivity index (χ0v) is 10.2. The van der Waals surface area contributed by atoms with Gasteiger partial charge in [-0.1, -0.05) is 15.9 Å². The van der Waals surface area contributed by atoms with Gasteiger partial charge in [-0.3, -0.25) is 10.1 Å². The first-order valence-electron chi connectivity index (χ1n) is 4.76. The van der Waals surface area contributed by atoms with Crippen LogP contribution < -0.4 is 5.32 Å². The summed E-state index contributed by atoms with van der Waals surface area (Å²) < 4.78 is 0.688. The van der Waals surface area contributed by atoms with E-state index in [0.717, 1.165) is 6.42 Å². The van der Waals surface area contributed by atoms with Crippen molar-refractivity contribution >= 4 is 27.3 Å². The lowest BCUT2D eigenvalue weighted by molar-refractivity contribution is -0.384. The van der Waals surface area contributed by atoms with Crippen molar-refractivity contribution in [3.8, 4) is 12.3 Å². The van der Waals surface area contributed by atoms with Gasteiger partial charge < -0.3 is 5.32 Å². The highest BCUT2D eigenvalue weighted by atomic mass is 79.9. The predicted octanol–water partition coefficient (Wildman–Crippen LogP) is 3.18. The number of hydrogen-bond donors (Lipinski definition) is 1. The largest absolute Gasteiger partial charge is 0.379 e. The highest BCUT2D eigenvalue weighted by Gasteiger charge is 2.13. The van der Waals surface area contributed by atoms with Gasteiger partial charge in [0, 0.05) is 23.5 Å². The van der Waals surface area contributed by atoms with E-state index in [4.69, 9.17) is 6.42 Å². The quantitative estimate of drug-likeness (QED) is 0.391. The fraction of sp³-hybridized carbons (Fsp3) is 0.273. The minimum Gasteiger partial charge on any atom is -0.379 e. The smallest absolute Gasteiger partial charge is 0.293 e. The molecule has 0 heterocycles. The van der Waals surface area contributed by atoms with Gasteiger partial charge in [0.25, 0.3) is 5.69 Å². The Balaban J connectivity index is 2.72. The van der Waals surface area contributed by atoms with E-state index in [-0.39, 0.29) is 5.69 Å². The molecule has 0 aromatic heterocycles. The number of nitrogens with zero attached hydrogens (tertiary/aromatic N) is 1. The third kappa shape index (κ3) is 3.55. The van der Waals surface area contributed by atoms with Gasteiger partial charge in [-0.15, -0.1) is 12.3 Å². The summed E-state index contributed by atoms with van der Waals surface area (Å²) >= 11 is 3.20. The highest BCUT2D eigenvalue weighted by Crippen LogP contribution is 2.27. The number of rotatable bonds is 5. The fourth-order valence-electron chi connectivity index (χ4n) is 1.22. The molecule has 0 amide bonds. The Kier molecular flexibility index (Phi) is 4.80. The Morgan fingerprint density at radius 2 is 2.31 bits per heavy atom. The van der Waals surface area contributed by atoms with Crippen molar-refractivity contribution in [1.29, 1.82) is 0 Å². The molecular formula is C11H11BrN2O2. The average Bonchev–Trinajstić information content (AvgIpc) is 2.26. The van der Waals surface area contributed by atoms with Crippen molar-refractivity contribution < 1.29 is 4.92 Å². The summed E-state index contributed by atoms with van der Waals surface area (Å²) in [6.45, 7) is 0.632. The second kappa shape index (κ2) is 6.13. The topological polar surface area (TPSA) is 55.2 Å². The lowest BCUT2D eigenvalue weighted by Crippen LogP contribution is -2.03. The van der Waals surface area contributed by atoms with Crippen LogP contribution in [-0.2, 0) is 0 Å². The predicted molar refractivity (Wildman–Crippen MR) is 67.4 cm³/mol. The molecule has 16 heavy (non-hydrogen) atoms. The molecular weight excluding hydrogens is 272 g/mol. The molecule has 0 unspecified atom stereocenters. The SMILES string of the molecule is C#CCCCNc1ccc(Br)cc1[N+](=O)[O-]. The Morgan fingerprint density at radius 3 is 2.94 bits per heavy atom. The van der Waals surface area contributed by atoms with Gasteiger partial charge in [0.05, 0.1) is 4.92 Å². The zero-order valence-electron chi connectivity index (χ0n) is 8.57. The molecule has 0 radical (unpaired) electrons. The molecule has 0 fully saturated rings. The summed E-state index contributed by atoms with van der Waals surface area (Å²) in [7, 11) is 0. The molecule has 5 heteroatoms. The second-order valence-corrected chi connectivity index (χ2v) is 4.07. The fourth-order valence-corrected chi connectivity index (χ4v) is 1.57. The van der Waals surface area contributed by atoms with Gasteiger partial charge in [-0.2, -0.15) is 0 Å². The van der Waals surface area contributed by atoms with Crippen LogP contribution in [0.5, 0.6) is 0 Å². The second-order valence-electron chi connectivity index (χ2n) is 3.15. The molecule has 1 aromatic rings. The molecule has 0 saturated heterocycles. The van der Waals surface area contributed by atoms with Crippen LogP contribution in [0.15, 0.2) is 22.7 Å². The standard InChI is InChI=1S/C11H11BrN2O2/c1-2-3-4-7-13-10-6-5-9(12)8-11(10)14(15)16/h1,5-6,8,13H,3-4,7H2. The minimum atomic E-state index is -0.408. The van der Waals surface area contributed by atoms with Crippen molar-refractivity contribution in [2.75, 3.05) is 11.9 Å². The van der Waals surface area contributed by atoms with Gasteiger partial charge >= 0.3 is 0 Å². The van der Waals surface area contributed by atoms with Crippen LogP contribution >= 0.6 is 15.9 Å². The molecule has 1 N–H and O–H groups in total. The zero-order chi connectivity index (χ0) is 12.0. The maximum Gasteiger partial charge on any atom is 0.293 e. The van der Waals surface area contributed by atoms with Crippen LogP contribution in [0, 0.1) is 22.5 Å². The number of nitro benzene ring substituents is 1. The number of unbranched alkanes of at least 4 members (excludes halogenated alkanes) is 1. The van der Waals surface area contributed by atoms with Gasteiger partial charge in [0.2, 0.25) is 0 Å². The van der Waals surface area contributed by atoms with E-state index >= 15 is 0 Å². The summed E-state index contributed by atoms with van der Waals surface area (Å²) in [5, 5.41) is 13.8. The van der Waals surface area contributed by atoms with E-state index in [1.807, 2.05) is 0 Å². The Bertz CT molecular complexity index is 426. The van der Waals surface area contributed by atoms with E-state index in [1.54, 1.807) is 12.1 Å². The monoisotopic (exact) mass is 282 g/mol. The first-order chi connectivity index (χ1) is 7.65. The Labute approximate surface area is 102 Å². The van der Waals surface area contributed by atoms with E-state index < -0.39 is 4.92 Å². The number of terminal acetylenes is 1. The maximum absolute atomic E-state index is 10.8. The average molecular weight is 283 g/mol. The van der Waals surface area contributed by atoms with Crippen LogP contribution in [0.2, 0.25) is 0 Å². The summed E-state index contributed by atoms with van der Waals surface area (Å²) in [6.07, 6.45) is 6.57. The molecule has 1 rings (SSSR count). The number of anilines is 1. The van der Waals surface area contributed by atoms with Crippen molar-refractivity contribution in [1.82, 2.24) is 0 Å². The highest BCUT2D eigenvalue weighted by molar-refractivity contribution is 9.10. The summed E-state index contributed by atoms with van der Waals surface area (Å²) in [5.74, 6) is 2.52. The van der Waals surface area contributed by atoms with E-state index in [9.17, 15) is 10.1 Å². The van der Waals surface area contributed by atoms with E-state index in [0.29, 0.717) is 23.1 Å². The maximum atomic E-state index is 10.8. The number of benzene rings is 1. The number of hydrogen-bond acceptors (Lipinski definition) is 3. The number of nitrogens with one attached hydrogen (secondary N) is 1. The van der Waals surface area contributed by atoms with Gasteiger partial charge in [-0.05, 0) is 18.6 Å². The molecule has 0 aliphatic heterocycles. The van der Waals surface area contributed by atoms with E-state index in [2.05, 4.69) is 27.2 Å². The van der Waals surface area contributed by atoms with Crippen molar-refractivity contribution in [3.63, 3.8) is 0 Å². The molecule has 0 saturated carbocycles. The van der Waals surface area contributed by atoms with Gasteiger partial charge in [0.15, 0.2) is 0 Å². The molecule has 84 valence electrons. The van der Waals surface area contributed by atoms with Gasteiger partial charge in [-0.25, -0.2) is 0 Å². The molecule has 0 atom stereocenters. The van der Waals surface area contributed by atoms with Crippen molar-refractivity contribution in [2.45, 2.75) is 12.8 Å². The first kappa shape index (κ1) is 12.5. The summed E-state index contributed by atoms with van der Waals surface area (Å²) in [6, 6.07) is 4.91. The molecule has 4 nitrogen and oxygen atoms in total. The lowest BCUT2D eigenvalue weighted by Gasteiger charge is -2.06. The first-order valence-corrected chi connectivity index (χ1v) is 5.55. The van der Waals surface area contributed by atoms with Crippen LogP contribution in [0.3, 0.4) is 0 Å². The number of halogens is 1. The van der Waals surface area contributed by atoms with Crippen LogP contribution in [0.25, 0.3) is 0 Å². The molecule has 0 spiro atoms. The van der Waals surface area contributed by atoms with E-state index in [1.165, 1.54) is 6.07 Å². The van der Waals surface area contributed by atoms with Crippen molar-refractivity contribution in [3.05, 3.63) is 32.8 Å². The molecule has 0 aliphatic carbocycles. The molecule has 1 aromatic carbocycles. The van der Waals surface area contributed by atoms with Crippen molar-refractivity contribution in [2.24, 2.45) is 0 Å². The van der Waals surface area contributed by atoms with Crippen LogP contribution in [-0.4, -0.2) is 11.5 Å². The summed E-state index contributed by atoms with van der Waals surface area (Å²) in [4.78, 5) is 10.4. The Hall–Kier alpha value is -1.54. The third-order valence-electron chi connectivity index (χ3n) is 1.97. The molecule has 0 bridgehead atoms. The van der Waals surface area contributed by atoms with Crippen LogP contribution in [0.1, 0.15) is 12.8 Å². The van der Waals surface area contributed by atoms with Gasteiger partial charge in [0.1, 0.15) is 5.69 Å².